The first-order valence-electron chi connectivity index (χ1n) is 6.01. The molecule has 0 aliphatic rings. The smallest absolute Gasteiger partial charge is 0.129 e. The maximum Gasteiger partial charge on any atom is 0.129 e. The third kappa shape index (κ3) is 5.31. The first-order chi connectivity index (χ1) is 8.65. The number of hydrogen-bond acceptors (Lipinski definition) is 3. The summed E-state index contributed by atoms with van der Waals surface area (Å²) in [5.41, 5.74) is 0.517. The third-order valence-electron chi connectivity index (χ3n) is 2.62. The summed E-state index contributed by atoms with van der Waals surface area (Å²) in [5, 5.41) is 6.93. The monoisotopic (exact) mass is 274 g/mol. The Kier molecular flexibility index (Phi) is 7.20. The van der Waals surface area contributed by atoms with E-state index in [1.165, 1.54) is 6.07 Å². The van der Waals surface area contributed by atoms with Gasteiger partial charge in [0, 0.05) is 43.4 Å². The van der Waals surface area contributed by atoms with Crippen molar-refractivity contribution in [2.45, 2.75) is 19.5 Å². The molecule has 1 rings (SSSR count). The number of hydrogen-bond donors (Lipinski definition) is 2. The topological polar surface area (TPSA) is 33.3 Å². The molecule has 3 nitrogen and oxygen atoms in total. The molecule has 0 amide bonds. The largest absolute Gasteiger partial charge is 0.383 e. The Bertz CT molecular complexity index is 343. The molecule has 18 heavy (non-hydrogen) atoms. The molecule has 0 fully saturated rings. The highest BCUT2D eigenvalue weighted by Crippen LogP contribution is 2.18. The van der Waals surface area contributed by atoms with E-state index in [4.69, 9.17) is 16.3 Å². The Balaban J connectivity index is 2.31. The Morgan fingerprint density at radius 3 is 2.89 bits per heavy atom. The lowest BCUT2D eigenvalue weighted by molar-refractivity contribution is 0.198. The second kappa shape index (κ2) is 8.43. The van der Waals surface area contributed by atoms with E-state index in [-0.39, 0.29) is 11.9 Å². The second-order valence-electron chi connectivity index (χ2n) is 4.18. The van der Waals surface area contributed by atoms with Gasteiger partial charge in [-0.25, -0.2) is 4.39 Å². The van der Waals surface area contributed by atoms with Crippen molar-refractivity contribution in [1.29, 1.82) is 0 Å². The second-order valence-corrected chi connectivity index (χ2v) is 4.59. The molecule has 1 unspecified atom stereocenters. The summed E-state index contributed by atoms with van der Waals surface area (Å²) in [4.78, 5) is 0. The number of ether oxygens (including phenoxy) is 1. The molecule has 102 valence electrons. The molecule has 0 bridgehead atoms. The van der Waals surface area contributed by atoms with Crippen molar-refractivity contribution in [3.8, 4) is 0 Å². The molecule has 1 aromatic rings. The Labute approximate surface area is 113 Å². The van der Waals surface area contributed by atoms with Gasteiger partial charge < -0.3 is 15.4 Å². The molecule has 2 N–H and O–H groups in total. The molecule has 0 saturated heterocycles. The van der Waals surface area contributed by atoms with Crippen molar-refractivity contribution in [3.63, 3.8) is 0 Å². The van der Waals surface area contributed by atoms with Crippen molar-refractivity contribution in [2.75, 3.05) is 26.8 Å². The van der Waals surface area contributed by atoms with E-state index >= 15 is 0 Å². The molecule has 0 aromatic heterocycles. The van der Waals surface area contributed by atoms with Crippen LogP contribution in [0, 0.1) is 5.82 Å². The van der Waals surface area contributed by atoms with E-state index in [1.54, 1.807) is 19.2 Å². The highest BCUT2D eigenvalue weighted by Gasteiger charge is 2.08. The maximum absolute atomic E-state index is 13.5. The first-order valence-corrected chi connectivity index (χ1v) is 6.39. The average Bonchev–Trinajstić information content (AvgIpc) is 2.34. The van der Waals surface area contributed by atoms with Crippen molar-refractivity contribution in [1.82, 2.24) is 10.6 Å². The summed E-state index contributed by atoms with van der Waals surface area (Å²) in [6.07, 6.45) is 0. The van der Waals surface area contributed by atoms with Crippen LogP contribution < -0.4 is 10.6 Å². The van der Waals surface area contributed by atoms with E-state index < -0.39 is 0 Å². The zero-order chi connectivity index (χ0) is 13.4. The minimum absolute atomic E-state index is 0.234. The summed E-state index contributed by atoms with van der Waals surface area (Å²) in [6, 6.07) is 4.96. The van der Waals surface area contributed by atoms with Crippen molar-refractivity contribution in [3.05, 3.63) is 34.6 Å². The summed E-state index contributed by atoms with van der Waals surface area (Å²) in [5.74, 6) is -0.269. The van der Waals surface area contributed by atoms with Crippen molar-refractivity contribution >= 4 is 11.6 Å². The lowest BCUT2D eigenvalue weighted by Gasteiger charge is -2.15. The predicted octanol–water partition coefficient (Wildman–Crippen LogP) is 2.19. The standard InChI is InChI=1S/C13H20ClFN2O/c1-10(8-16-6-7-18-2)17-9-11-12(14)4-3-5-13(11)15/h3-5,10,16-17H,6-9H2,1-2H3. The fourth-order valence-electron chi connectivity index (χ4n) is 1.54. The van der Waals surface area contributed by atoms with Crippen LogP contribution >= 0.6 is 11.6 Å². The fourth-order valence-corrected chi connectivity index (χ4v) is 1.77. The highest BCUT2D eigenvalue weighted by atomic mass is 35.5. The quantitative estimate of drug-likeness (QED) is 0.713. The molecule has 0 aliphatic heterocycles. The van der Waals surface area contributed by atoms with Gasteiger partial charge in [-0.15, -0.1) is 0 Å². The predicted molar refractivity (Wildman–Crippen MR) is 72.5 cm³/mol. The molecule has 1 aromatic carbocycles. The zero-order valence-electron chi connectivity index (χ0n) is 10.8. The van der Waals surface area contributed by atoms with Crippen LogP contribution in [0.25, 0.3) is 0 Å². The molecule has 0 aliphatic carbocycles. The SMILES string of the molecule is COCCNCC(C)NCc1c(F)cccc1Cl. The van der Waals surface area contributed by atoms with Gasteiger partial charge in [0.05, 0.1) is 6.61 Å². The maximum atomic E-state index is 13.5. The summed E-state index contributed by atoms with van der Waals surface area (Å²) in [6.45, 7) is 4.76. The van der Waals surface area contributed by atoms with Crippen LogP contribution in [0.4, 0.5) is 4.39 Å². The van der Waals surface area contributed by atoms with Crippen LogP contribution in [-0.2, 0) is 11.3 Å². The molecular formula is C13H20ClFN2O. The number of halogens is 2. The van der Waals surface area contributed by atoms with Crippen LogP contribution in [0.3, 0.4) is 0 Å². The van der Waals surface area contributed by atoms with Crippen LogP contribution in [-0.4, -0.2) is 32.8 Å². The lowest BCUT2D eigenvalue weighted by Crippen LogP contribution is -2.37. The van der Waals surface area contributed by atoms with Crippen LogP contribution in [0.2, 0.25) is 5.02 Å². The Hall–Kier alpha value is -0.680. The van der Waals surface area contributed by atoms with Crippen molar-refractivity contribution < 1.29 is 9.13 Å². The summed E-state index contributed by atoms with van der Waals surface area (Å²) < 4.78 is 18.4. The van der Waals surface area contributed by atoms with Gasteiger partial charge in [0.25, 0.3) is 0 Å². The molecule has 0 spiro atoms. The average molecular weight is 275 g/mol. The number of rotatable bonds is 8. The van der Waals surface area contributed by atoms with Crippen LogP contribution in [0.1, 0.15) is 12.5 Å². The van der Waals surface area contributed by atoms with Crippen LogP contribution in [0.5, 0.6) is 0 Å². The number of benzene rings is 1. The Morgan fingerprint density at radius 1 is 1.44 bits per heavy atom. The van der Waals surface area contributed by atoms with E-state index in [2.05, 4.69) is 10.6 Å². The van der Waals surface area contributed by atoms with E-state index in [9.17, 15) is 4.39 Å². The highest BCUT2D eigenvalue weighted by molar-refractivity contribution is 6.31. The fraction of sp³-hybridized carbons (Fsp3) is 0.538. The molecule has 0 heterocycles. The molecule has 0 radical (unpaired) electrons. The molecule has 0 saturated carbocycles. The van der Waals surface area contributed by atoms with Gasteiger partial charge in [0.15, 0.2) is 0 Å². The summed E-state index contributed by atoms with van der Waals surface area (Å²) in [7, 11) is 1.67. The van der Waals surface area contributed by atoms with Crippen LogP contribution in [0.15, 0.2) is 18.2 Å². The van der Waals surface area contributed by atoms with Gasteiger partial charge in [-0.1, -0.05) is 17.7 Å². The minimum atomic E-state index is -0.269. The third-order valence-corrected chi connectivity index (χ3v) is 2.98. The zero-order valence-corrected chi connectivity index (χ0v) is 11.6. The lowest BCUT2D eigenvalue weighted by atomic mass is 10.2. The van der Waals surface area contributed by atoms with Gasteiger partial charge in [-0.05, 0) is 19.1 Å². The normalized spacial score (nSPS) is 12.7. The Morgan fingerprint density at radius 2 is 2.22 bits per heavy atom. The summed E-state index contributed by atoms with van der Waals surface area (Å²) >= 11 is 5.95. The van der Waals surface area contributed by atoms with Gasteiger partial charge in [0.2, 0.25) is 0 Å². The molecule has 5 heteroatoms. The van der Waals surface area contributed by atoms with Gasteiger partial charge in [-0.2, -0.15) is 0 Å². The minimum Gasteiger partial charge on any atom is -0.383 e. The number of methoxy groups -OCH3 is 1. The van der Waals surface area contributed by atoms with E-state index in [0.29, 0.717) is 23.7 Å². The van der Waals surface area contributed by atoms with Gasteiger partial charge >= 0.3 is 0 Å². The van der Waals surface area contributed by atoms with E-state index in [0.717, 1.165) is 13.1 Å². The molecular weight excluding hydrogens is 255 g/mol. The molecule has 1 atom stereocenters. The van der Waals surface area contributed by atoms with Gasteiger partial charge in [-0.3, -0.25) is 0 Å². The van der Waals surface area contributed by atoms with Crippen molar-refractivity contribution in [2.24, 2.45) is 0 Å². The number of nitrogens with one attached hydrogen (secondary N) is 2. The first kappa shape index (κ1) is 15.4. The van der Waals surface area contributed by atoms with E-state index in [1.807, 2.05) is 6.92 Å². The van der Waals surface area contributed by atoms with Gasteiger partial charge in [0.1, 0.15) is 5.82 Å².